The van der Waals surface area contributed by atoms with Crippen molar-refractivity contribution in [1.82, 2.24) is 14.3 Å². The van der Waals surface area contributed by atoms with Crippen LogP contribution in [0.1, 0.15) is 40.8 Å². The van der Waals surface area contributed by atoms with Gasteiger partial charge in [0, 0.05) is 50.2 Å². The molecule has 28 heavy (non-hydrogen) atoms. The largest absolute Gasteiger partial charge is 0.398 e. The number of rotatable bonds is 7. The van der Waals surface area contributed by atoms with Gasteiger partial charge in [0.05, 0.1) is 6.61 Å². The molecule has 2 aromatic rings. The number of fused-ring (bicyclic) bond motifs is 1. The predicted octanol–water partition coefficient (Wildman–Crippen LogP) is 3.48. The summed E-state index contributed by atoms with van der Waals surface area (Å²) in [5.41, 5.74) is 13.4. The van der Waals surface area contributed by atoms with Crippen molar-refractivity contribution in [3.05, 3.63) is 58.4 Å². The van der Waals surface area contributed by atoms with Crippen LogP contribution in [0.25, 0.3) is 0 Å². The number of nitrogens with two attached hydrogens (primary N) is 1. The number of benzene rings is 1. The summed E-state index contributed by atoms with van der Waals surface area (Å²) in [6.07, 6.45) is 12.1. The van der Waals surface area contributed by atoms with Crippen LogP contribution in [0.3, 0.4) is 0 Å². The van der Waals surface area contributed by atoms with Gasteiger partial charge in [0.25, 0.3) is 0 Å². The van der Waals surface area contributed by atoms with Crippen molar-refractivity contribution in [3.8, 4) is 0 Å². The van der Waals surface area contributed by atoms with Crippen LogP contribution in [0.4, 0.5) is 5.69 Å². The molecule has 1 aliphatic carbocycles. The Morgan fingerprint density at radius 3 is 2.54 bits per heavy atom. The fourth-order valence-corrected chi connectivity index (χ4v) is 6.56. The first-order valence-corrected chi connectivity index (χ1v) is 12.1. The van der Waals surface area contributed by atoms with Gasteiger partial charge in [-0.15, -0.1) is 0 Å². The molecule has 6 heteroatoms. The van der Waals surface area contributed by atoms with Gasteiger partial charge >= 0.3 is 0 Å². The van der Waals surface area contributed by atoms with Gasteiger partial charge in [0.15, 0.2) is 0 Å². The molecular formula is C22H29N4OP. The first-order chi connectivity index (χ1) is 13.6. The standard InChI is InChI=1S/C22H29N4OP/c1-28(25-8-9-25,26-10-11-26)27-16-17-6-7-21(23)20(12-17)14-18-13-19-4-2-3-5-22(19)24-15-18/h6-7,12-13,15H,1-5,8-11,14,16,23H2. The second-order valence-corrected chi connectivity index (χ2v) is 10.9. The molecule has 0 amide bonds. The topological polar surface area (TPSA) is 54.2 Å². The SMILES string of the molecule is C=P(OCc1ccc(N)c(Cc2cnc3c(c2)CCCC3)c1)(N1CC1)N1CC1. The highest BCUT2D eigenvalue weighted by Crippen LogP contribution is 2.60. The highest BCUT2D eigenvalue weighted by molar-refractivity contribution is 7.65. The lowest BCUT2D eigenvalue weighted by atomic mass is 9.93. The van der Waals surface area contributed by atoms with Crippen LogP contribution in [0.5, 0.6) is 0 Å². The second kappa shape index (κ2) is 7.31. The van der Waals surface area contributed by atoms with Crippen molar-refractivity contribution >= 4 is 19.4 Å². The lowest BCUT2D eigenvalue weighted by Gasteiger charge is -2.27. The fourth-order valence-electron chi connectivity index (χ4n) is 4.09. The van der Waals surface area contributed by atoms with Crippen LogP contribution >= 0.6 is 7.41 Å². The molecule has 2 fully saturated rings. The van der Waals surface area contributed by atoms with Crippen LogP contribution in [0.15, 0.2) is 30.5 Å². The van der Waals surface area contributed by atoms with Crippen LogP contribution in [0.2, 0.25) is 0 Å². The van der Waals surface area contributed by atoms with Gasteiger partial charge in [-0.1, -0.05) is 18.2 Å². The zero-order chi connectivity index (χ0) is 19.1. The summed E-state index contributed by atoms with van der Waals surface area (Å²) in [6.45, 7) is 5.07. The molecule has 2 saturated heterocycles. The zero-order valence-corrected chi connectivity index (χ0v) is 17.3. The van der Waals surface area contributed by atoms with Gasteiger partial charge in [-0.3, -0.25) is 4.98 Å². The number of nitrogens with zero attached hydrogens (tertiary/aromatic N) is 3. The van der Waals surface area contributed by atoms with Gasteiger partial charge < -0.3 is 10.3 Å². The van der Waals surface area contributed by atoms with E-state index in [0.717, 1.165) is 56.7 Å². The summed E-state index contributed by atoms with van der Waals surface area (Å²) >= 11 is 0. The molecule has 5 rings (SSSR count). The van der Waals surface area contributed by atoms with E-state index in [1.54, 1.807) is 0 Å². The zero-order valence-electron chi connectivity index (χ0n) is 16.4. The first kappa shape index (κ1) is 18.4. The fraction of sp³-hybridized carbons (Fsp3) is 0.455. The van der Waals surface area contributed by atoms with E-state index in [-0.39, 0.29) is 0 Å². The van der Waals surface area contributed by atoms with Crippen LogP contribution in [-0.4, -0.2) is 46.8 Å². The molecule has 0 bridgehead atoms. The van der Waals surface area contributed by atoms with E-state index in [0.29, 0.717) is 6.61 Å². The summed E-state index contributed by atoms with van der Waals surface area (Å²) in [4.78, 5) is 4.71. The van der Waals surface area contributed by atoms with E-state index in [2.05, 4.69) is 33.8 Å². The van der Waals surface area contributed by atoms with Crippen LogP contribution in [-0.2, 0) is 30.4 Å². The molecule has 148 valence electrons. The Balaban J connectivity index is 1.31. The Kier molecular flexibility index (Phi) is 4.80. The number of nitrogen functional groups attached to an aromatic ring is 1. The number of pyridine rings is 1. The Morgan fingerprint density at radius 2 is 1.79 bits per heavy atom. The predicted molar refractivity (Wildman–Crippen MR) is 117 cm³/mol. The summed E-state index contributed by atoms with van der Waals surface area (Å²) in [5, 5.41) is 0. The third-order valence-electron chi connectivity index (χ3n) is 6.00. The lowest BCUT2D eigenvalue weighted by molar-refractivity contribution is 0.307. The molecule has 2 aliphatic heterocycles. The molecule has 5 nitrogen and oxygen atoms in total. The van der Waals surface area contributed by atoms with E-state index in [1.165, 1.54) is 35.2 Å². The van der Waals surface area contributed by atoms with Crippen molar-refractivity contribution in [2.24, 2.45) is 0 Å². The molecule has 3 heterocycles. The highest BCUT2D eigenvalue weighted by Gasteiger charge is 2.42. The van der Waals surface area contributed by atoms with Crippen molar-refractivity contribution < 1.29 is 4.52 Å². The number of anilines is 1. The number of aromatic nitrogens is 1. The molecule has 2 N–H and O–H groups in total. The maximum atomic E-state index is 6.38. The number of hydrogen-bond donors (Lipinski definition) is 1. The summed E-state index contributed by atoms with van der Waals surface area (Å²) < 4.78 is 11.2. The van der Waals surface area contributed by atoms with Crippen molar-refractivity contribution in [3.63, 3.8) is 0 Å². The Labute approximate surface area is 167 Å². The quantitative estimate of drug-likeness (QED) is 0.441. The third-order valence-corrected chi connectivity index (χ3v) is 9.11. The summed E-state index contributed by atoms with van der Waals surface area (Å²) in [6, 6.07) is 8.62. The van der Waals surface area contributed by atoms with E-state index >= 15 is 0 Å². The Bertz CT molecular complexity index is 920. The van der Waals surface area contributed by atoms with Crippen molar-refractivity contribution in [2.45, 2.75) is 38.7 Å². The Hall–Kier alpha value is -1.65. The minimum absolute atomic E-state index is 0.597. The number of aryl methyl sites for hydroxylation is 2. The van der Waals surface area contributed by atoms with Gasteiger partial charge in [0.2, 0.25) is 0 Å². The van der Waals surface area contributed by atoms with Gasteiger partial charge in [0.1, 0.15) is 7.41 Å². The monoisotopic (exact) mass is 396 g/mol. The summed E-state index contributed by atoms with van der Waals surface area (Å²) in [5.74, 6) is 0. The maximum absolute atomic E-state index is 6.38. The van der Waals surface area contributed by atoms with Crippen LogP contribution in [0, 0.1) is 0 Å². The maximum Gasteiger partial charge on any atom is 0.131 e. The highest BCUT2D eigenvalue weighted by atomic mass is 31.2. The van der Waals surface area contributed by atoms with E-state index in [1.807, 2.05) is 12.3 Å². The molecule has 0 atom stereocenters. The first-order valence-electron chi connectivity index (χ1n) is 10.3. The molecule has 0 unspecified atom stereocenters. The van der Waals surface area contributed by atoms with E-state index in [4.69, 9.17) is 15.2 Å². The molecule has 1 aromatic carbocycles. The molecule has 1 aromatic heterocycles. The van der Waals surface area contributed by atoms with Gasteiger partial charge in [-0.25, -0.2) is 9.34 Å². The normalized spacial score (nSPS) is 19.4. The van der Waals surface area contributed by atoms with Gasteiger partial charge in [-0.05, 0) is 60.3 Å². The van der Waals surface area contributed by atoms with E-state index in [9.17, 15) is 0 Å². The van der Waals surface area contributed by atoms with Crippen LogP contribution < -0.4 is 5.73 Å². The number of hydrogen-bond acceptors (Lipinski definition) is 5. The molecule has 0 spiro atoms. The minimum atomic E-state index is -1.79. The smallest absolute Gasteiger partial charge is 0.131 e. The molecule has 3 aliphatic rings. The van der Waals surface area contributed by atoms with Crippen molar-refractivity contribution in [2.75, 3.05) is 31.9 Å². The molecular weight excluding hydrogens is 367 g/mol. The minimum Gasteiger partial charge on any atom is -0.398 e. The van der Waals surface area contributed by atoms with E-state index < -0.39 is 7.41 Å². The average molecular weight is 396 g/mol. The van der Waals surface area contributed by atoms with Crippen molar-refractivity contribution in [1.29, 1.82) is 0 Å². The average Bonchev–Trinajstić information content (AvgIpc) is 3.59. The summed E-state index contributed by atoms with van der Waals surface area (Å²) in [7, 11) is -1.79. The Morgan fingerprint density at radius 1 is 1.04 bits per heavy atom. The van der Waals surface area contributed by atoms with Gasteiger partial charge in [-0.2, -0.15) is 0 Å². The second-order valence-electron chi connectivity index (χ2n) is 8.21. The third kappa shape index (κ3) is 3.77. The molecule has 0 radical (unpaired) electrons. The molecule has 0 saturated carbocycles. The lowest BCUT2D eigenvalue weighted by Crippen LogP contribution is -2.09.